The van der Waals surface area contributed by atoms with Crippen molar-refractivity contribution in [3.05, 3.63) is 35.9 Å². The van der Waals surface area contributed by atoms with Crippen molar-refractivity contribution in [1.82, 2.24) is 15.5 Å². The first kappa shape index (κ1) is 23.3. The predicted molar refractivity (Wildman–Crippen MR) is 121 cm³/mol. The van der Waals surface area contributed by atoms with Crippen molar-refractivity contribution in [2.75, 3.05) is 6.54 Å². The summed E-state index contributed by atoms with van der Waals surface area (Å²) in [6.45, 7) is 8.49. The average molecular weight is 428 g/mol. The van der Waals surface area contributed by atoms with E-state index in [1.165, 1.54) is 5.56 Å². The zero-order valence-corrected chi connectivity index (χ0v) is 19.4. The van der Waals surface area contributed by atoms with Crippen LogP contribution in [0.2, 0.25) is 0 Å². The summed E-state index contributed by atoms with van der Waals surface area (Å²) in [5.41, 5.74) is 0.640. The van der Waals surface area contributed by atoms with E-state index < -0.39 is 11.6 Å². The molecule has 0 unspecified atom stereocenters. The van der Waals surface area contributed by atoms with Crippen LogP contribution in [0.25, 0.3) is 0 Å². The molecule has 3 rings (SSSR count). The number of rotatable bonds is 8. The van der Waals surface area contributed by atoms with E-state index >= 15 is 0 Å². The quantitative estimate of drug-likeness (QED) is 0.615. The van der Waals surface area contributed by atoms with Gasteiger partial charge in [0.05, 0.1) is 0 Å². The zero-order valence-electron chi connectivity index (χ0n) is 19.4. The van der Waals surface area contributed by atoms with Gasteiger partial charge >= 0.3 is 6.03 Å². The molecule has 2 N–H and O–H groups in total. The van der Waals surface area contributed by atoms with Crippen LogP contribution in [0.15, 0.2) is 30.3 Å². The van der Waals surface area contributed by atoms with Gasteiger partial charge in [-0.1, -0.05) is 57.5 Å². The van der Waals surface area contributed by atoms with Crippen molar-refractivity contribution in [3.8, 4) is 0 Å². The van der Waals surface area contributed by atoms with Gasteiger partial charge in [0.1, 0.15) is 12.1 Å². The number of benzene rings is 1. The average Bonchev–Trinajstić information content (AvgIpc) is 2.97. The third-order valence-corrected chi connectivity index (χ3v) is 7.52. The van der Waals surface area contributed by atoms with Gasteiger partial charge in [0, 0.05) is 6.04 Å². The van der Waals surface area contributed by atoms with Crippen LogP contribution >= 0.6 is 0 Å². The highest BCUT2D eigenvalue weighted by Crippen LogP contribution is 2.45. The Labute approximate surface area is 186 Å². The van der Waals surface area contributed by atoms with E-state index in [9.17, 15) is 14.4 Å². The summed E-state index contributed by atoms with van der Waals surface area (Å²) in [6.07, 6.45) is 5.90. The van der Waals surface area contributed by atoms with Gasteiger partial charge in [0.15, 0.2) is 0 Å². The Morgan fingerprint density at radius 1 is 1.23 bits per heavy atom. The molecule has 1 heterocycles. The molecule has 1 saturated carbocycles. The number of nitrogens with one attached hydrogen (secondary N) is 2. The molecule has 6 nitrogen and oxygen atoms in total. The van der Waals surface area contributed by atoms with Crippen molar-refractivity contribution in [2.45, 2.75) is 84.2 Å². The molecule has 0 radical (unpaired) electrons. The third kappa shape index (κ3) is 5.28. The normalized spacial score (nSPS) is 24.9. The van der Waals surface area contributed by atoms with Crippen LogP contribution in [-0.4, -0.2) is 40.9 Å². The molecule has 170 valence electrons. The monoisotopic (exact) mass is 427 g/mol. The minimum absolute atomic E-state index is 0.0332. The Hall–Kier alpha value is -2.37. The predicted octanol–water partition coefficient (Wildman–Crippen LogP) is 4.04. The van der Waals surface area contributed by atoms with Gasteiger partial charge in [-0.25, -0.2) is 4.79 Å². The molecule has 0 bridgehead atoms. The Morgan fingerprint density at radius 2 is 1.87 bits per heavy atom. The highest BCUT2D eigenvalue weighted by Gasteiger charge is 2.53. The summed E-state index contributed by atoms with van der Waals surface area (Å²) in [4.78, 5) is 39.3. The molecule has 1 aliphatic heterocycles. The Morgan fingerprint density at radius 3 is 2.48 bits per heavy atom. The van der Waals surface area contributed by atoms with E-state index in [1.807, 2.05) is 25.1 Å². The Balaban J connectivity index is 1.51. The van der Waals surface area contributed by atoms with E-state index in [1.54, 1.807) is 0 Å². The van der Waals surface area contributed by atoms with Crippen molar-refractivity contribution in [2.24, 2.45) is 11.3 Å². The molecule has 1 spiro atoms. The van der Waals surface area contributed by atoms with E-state index in [4.69, 9.17) is 0 Å². The topological polar surface area (TPSA) is 78.5 Å². The molecule has 6 heteroatoms. The van der Waals surface area contributed by atoms with Crippen LogP contribution < -0.4 is 10.6 Å². The van der Waals surface area contributed by atoms with Crippen LogP contribution in [0.4, 0.5) is 4.79 Å². The molecular weight excluding hydrogens is 390 g/mol. The number of amides is 4. The fraction of sp³-hybridized carbons (Fsp3) is 0.640. The summed E-state index contributed by atoms with van der Waals surface area (Å²) < 4.78 is 0. The fourth-order valence-corrected chi connectivity index (χ4v) is 4.90. The van der Waals surface area contributed by atoms with Gasteiger partial charge in [0.2, 0.25) is 5.91 Å². The lowest BCUT2D eigenvalue weighted by atomic mass is 9.65. The SMILES string of the molecule is CCC(C)(C)C1CCC2(CC1)NC(=O)N(CC(=O)N[C@@H](C)CCc1ccccc1)C2=O. The molecule has 1 atom stereocenters. The first-order valence-corrected chi connectivity index (χ1v) is 11.6. The molecule has 1 saturated heterocycles. The number of hydrogen-bond donors (Lipinski definition) is 2. The second-order valence-electron chi connectivity index (χ2n) is 10.0. The lowest BCUT2D eigenvalue weighted by molar-refractivity contribution is -0.136. The number of urea groups is 1. The van der Waals surface area contributed by atoms with E-state index in [0.29, 0.717) is 18.8 Å². The van der Waals surface area contributed by atoms with Crippen LogP contribution in [0, 0.1) is 11.3 Å². The molecule has 31 heavy (non-hydrogen) atoms. The minimum atomic E-state index is -0.823. The maximum absolute atomic E-state index is 13.1. The molecule has 1 aromatic rings. The largest absolute Gasteiger partial charge is 0.352 e. The highest BCUT2D eigenvalue weighted by molar-refractivity contribution is 6.09. The summed E-state index contributed by atoms with van der Waals surface area (Å²) in [5, 5.41) is 5.85. The lowest BCUT2D eigenvalue weighted by Crippen LogP contribution is -2.51. The maximum atomic E-state index is 13.1. The van der Waals surface area contributed by atoms with E-state index in [2.05, 4.69) is 43.5 Å². The number of imide groups is 1. The molecule has 2 aliphatic rings. The summed E-state index contributed by atoms with van der Waals surface area (Å²) >= 11 is 0. The number of carbonyl (C=O) groups excluding carboxylic acids is 3. The summed E-state index contributed by atoms with van der Waals surface area (Å²) in [5.74, 6) is 0.0231. The maximum Gasteiger partial charge on any atom is 0.325 e. The van der Waals surface area contributed by atoms with Gasteiger partial charge in [-0.2, -0.15) is 0 Å². The number of nitrogens with zero attached hydrogens (tertiary/aromatic N) is 1. The van der Waals surface area contributed by atoms with Crippen LogP contribution in [0.1, 0.15) is 71.8 Å². The number of aryl methyl sites for hydroxylation is 1. The van der Waals surface area contributed by atoms with Gasteiger partial charge in [-0.3, -0.25) is 14.5 Å². The van der Waals surface area contributed by atoms with E-state index in [0.717, 1.165) is 37.0 Å². The molecule has 4 amide bonds. The van der Waals surface area contributed by atoms with Gasteiger partial charge in [0.25, 0.3) is 5.91 Å². The highest BCUT2D eigenvalue weighted by atomic mass is 16.2. The first-order chi connectivity index (χ1) is 14.7. The van der Waals surface area contributed by atoms with Gasteiger partial charge in [-0.15, -0.1) is 0 Å². The Bertz CT molecular complexity index is 797. The molecule has 0 aromatic heterocycles. The van der Waals surface area contributed by atoms with Crippen molar-refractivity contribution < 1.29 is 14.4 Å². The van der Waals surface area contributed by atoms with Crippen molar-refractivity contribution in [1.29, 1.82) is 0 Å². The Kier molecular flexibility index (Phi) is 7.07. The van der Waals surface area contributed by atoms with Gasteiger partial charge < -0.3 is 10.6 Å². The standard InChI is InChI=1S/C25H37N3O3/c1-5-24(3,4)20-13-15-25(16-14-20)22(30)28(23(31)27-25)17-21(29)26-18(2)11-12-19-9-7-6-8-10-19/h6-10,18,20H,5,11-17H2,1-4H3,(H,26,29)(H,27,31)/t18-,20?,25?/m0/s1. The zero-order chi connectivity index (χ0) is 22.6. The van der Waals surface area contributed by atoms with Gasteiger partial charge in [-0.05, 0) is 62.3 Å². The second kappa shape index (κ2) is 9.41. The van der Waals surface area contributed by atoms with Crippen molar-refractivity contribution >= 4 is 17.8 Å². The lowest BCUT2D eigenvalue weighted by Gasteiger charge is -2.42. The van der Waals surface area contributed by atoms with Crippen molar-refractivity contribution in [3.63, 3.8) is 0 Å². The third-order valence-electron chi connectivity index (χ3n) is 7.52. The first-order valence-electron chi connectivity index (χ1n) is 11.6. The summed E-state index contributed by atoms with van der Waals surface area (Å²) in [6, 6.07) is 9.65. The van der Waals surface area contributed by atoms with Crippen LogP contribution in [0.3, 0.4) is 0 Å². The molecule has 2 fully saturated rings. The fourth-order valence-electron chi connectivity index (χ4n) is 4.90. The second-order valence-corrected chi connectivity index (χ2v) is 10.0. The van der Waals surface area contributed by atoms with E-state index in [-0.39, 0.29) is 29.8 Å². The molecular formula is C25H37N3O3. The smallest absolute Gasteiger partial charge is 0.325 e. The number of hydrogen-bond acceptors (Lipinski definition) is 3. The summed E-state index contributed by atoms with van der Waals surface area (Å²) in [7, 11) is 0. The number of carbonyl (C=O) groups is 3. The molecule has 1 aliphatic carbocycles. The van der Waals surface area contributed by atoms with Crippen LogP contribution in [0.5, 0.6) is 0 Å². The van der Waals surface area contributed by atoms with Crippen LogP contribution in [-0.2, 0) is 16.0 Å². The molecule has 1 aromatic carbocycles. The minimum Gasteiger partial charge on any atom is -0.352 e.